The van der Waals surface area contributed by atoms with Crippen molar-refractivity contribution in [1.29, 1.82) is 5.26 Å². The monoisotopic (exact) mass is 424 g/mol. The van der Waals surface area contributed by atoms with E-state index in [-0.39, 0.29) is 5.57 Å². The van der Waals surface area contributed by atoms with E-state index in [1.165, 1.54) is 12.1 Å². The molecule has 0 atom stereocenters. The predicted octanol–water partition coefficient (Wildman–Crippen LogP) is 5.31. The zero-order valence-corrected chi connectivity index (χ0v) is 15.5. The Bertz CT molecular complexity index is 860. The van der Waals surface area contributed by atoms with Crippen LogP contribution in [0.2, 0.25) is 10.0 Å². The molecule has 0 bridgehead atoms. The number of hydrogen-bond donors (Lipinski definition) is 1. The minimum Gasteiger partial charge on any atom is -0.496 e. The minimum absolute atomic E-state index is 0.0573. The van der Waals surface area contributed by atoms with Crippen molar-refractivity contribution in [2.75, 3.05) is 12.4 Å². The van der Waals surface area contributed by atoms with Gasteiger partial charge in [0.15, 0.2) is 0 Å². The summed E-state index contributed by atoms with van der Waals surface area (Å²) in [6, 6.07) is 11.8. The molecule has 0 spiro atoms. The summed E-state index contributed by atoms with van der Waals surface area (Å²) >= 11 is 15.2. The molecule has 0 unspecified atom stereocenters. The number of carbonyl (C=O) groups excluding carboxylic acids is 1. The summed E-state index contributed by atoms with van der Waals surface area (Å²) in [4.78, 5) is 12.3. The van der Waals surface area contributed by atoms with Gasteiger partial charge in [-0.15, -0.1) is 0 Å². The fraction of sp³-hybridized carbons (Fsp3) is 0.0588. The van der Waals surface area contributed by atoms with Gasteiger partial charge in [-0.2, -0.15) is 5.26 Å². The molecule has 0 radical (unpaired) electrons. The van der Waals surface area contributed by atoms with Crippen LogP contribution in [0.5, 0.6) is 5.75 Å². The van der Waals surface area contributed by atoms with Gasteiger partial charge in [-0.1, -0.05) is 29.3 Å². The Morgan fingerprint density at radius 3 is 2.62 bits per heavy atom. The third-order valence-corrected chi connectivity index (χ3v) is 4.20. The maximum Gasteiger partial charge on any atom is 0.266 e. The van der Waals surface area contributed by atoms with Crippen LogP contribution in [0.25, 0.3) is 6.08 Å². The van der Waals surface area contributed by atoms with Gasteiger partial charge >= 0.3 is 0 Å². The van der Waals surface area contributed by atoms with Crippen molar-refractivity contribution in [1.82, 2.24) is 0 Å². The smallest absolute Gasteiger partial charge is 0.266 e. The quantitative estimate of drug-likeness (QED) is 0.533. The molecule has 0 aliphatic rings. The molecule has 0 saturated heterocycles. The molecule has 0 aliphatic carbocycles. The van der Waals surface area contributed by atoms with Crippen LogP contribution in [0.15, 0.2) is 46.4 Å². The second kappa shape index (κ2) is 8.20. The van der Waals surface area contributed by atoms with E-state index in [2.05, 4.69) is 21.2 Å². The summed E-state index contributed by atoms with van der Waals surface area (Å²) in [6.07, 6.45) is 1.48. The van der Waals surface area contributed by atoms with Crippen LogP contribution < -0.4 is 10.1 Å². The largest absolute Gasteiger partial charge is 0.496 e. The summed E-state index contributed by atoms with van der Waals surface area (Å²) in [5, 5.41) is 12.6. The van der Waals surface area contributed by atoms with Crippen molar-refractivity contribution < 1.29 is 9.53 Å². The molecule has 122 valence electrons. The van der Waals surface area contributed by atoms with Crippen molar-refractivity contribution in [2.45, 2.75) is 0 Å². The van der Waals surface area contributed by atoms with Crippen LogP contribution in [-0.4, -0.2) is 13.0 Å². The molecule has 2 rings (SSSR count). The molecule has 2 aromatic rings. The van der Waals surface area contributed by atoms with E-state index in [4.69, 9.17) is 27.9 Å². The van der Waals surface area contributed by atoms with Crippen LogP contribution in [0.3, 0.4) is 0 Å². The van der Waals surface area contributed by atoms with Crippen molar-refractivity contribution in [2.24, 2.45) is 0 Å². The lowest BCUT2D eigenvalue weighted by molar-refractivity contribution is -0.112. The van der Waals surface area contributed by atoms with E-state index < -0.39 is 5.91 Å². The molecule has 1 N–H and O–H groups in total. The van der Waals surface area contributed by atoms with Gasteiger partial charge in [0.05, 0.1) is 22.3 Å². The Labute approximate surface area is 157 Å². The number of hydrogen-bond acceptors (Lipinski definition) is 3. The van der Waals surface area contributed by atoms with Gasteiger partial charge in [-0.05, 0) is 57.9 Å². The number of halogens is 3. The molecular formula is C17H11BrCl2N2O2. The Balaban J connectivity index is 2.25. The molecule has 7 heteroatoms. The van der Waals surface area contributed by atoms with E-state index in [1.807, 2.05) is 6.07 Å². The van der Waals surface area contributed by atoms with E-state index in [0.717, 1.165) is 4.47 Å². The number of benzene rings is 2. The summed E-state index contributed by atoms with van der Waals surface area (Å²) in [7, 11) is 1.56. The Kier molecular flexibility index (Phi) is 6.27. The first-order chi connectivity index (χ1) is 11.4. The molecular weight excluding hydrogens is 415 g/mol. The lowest BCUT2D eigenvalue weighted by Gasteiger charge is -2.07. The number of nitriles is 1. The van der Waals surface area contributed by atoms with E-state index in [1.54, 1.807) is 37.4 Å². The van der Waals surface area contributed by atoms with Gasteiger partial charge in [0.2, 0.25) is 0 Å². The highest BCUT2D eigenvalue weighted by molar-refractivity contribution is 9.10. The number of methoxy groups -OCH3 is 1. The fourth-order valence-electron chi connectivity index (χ4n) is 1.87. The highest BCUT2D eigenvalue weighted by atomic mass is 79.9. The average Bonchev–Trinajstić information content (AvgIpc) is 2.55. The van der Waals surface area contributed by atoms with Crippen molar-refractivity contribution in [3.8, 4) is 11.8 Å². The highest BCUT2D eigenvalue weighted by Gasteiger charge is 2.12. The molecule has 24 heavy (non-hydrogen) atoms. The normalized spacial score (nSPS) is 10.9. The summed E-state index contributed by atoms with van der Waals surface area (Å²) in [5.74, 6) is 0.0942. The number of carbonyl (C=O) groups is 1. The summed E-state index contributed by atoms with van der Waals surface area (Å²) in [5.41, 5.74) is 0.998. The molecule has 0 aromatic heterocycles. The van der Waals surface area contributed by atoms with Crippen LogP contribution in [0.4, 0.5) is 5.69 Å². The van der Waals surface area contributed by atoms with Gasteiger partial charge in [-0.3, -0.25) is 4.79 Å². The average molecular weight is 426 g/mol. The van der Waals surface area contributed by atoms with Crippen LogP contribution in [0, 0.1) is 11.3 Å². The zero-order valence-electron chi connectivity index (χ0n) is 12.4. The van der Waals surface area contributed by atoms with Crippen molar-refractivity contribution >= 4 is 56.8 Å². The number of rotatable bonds is 4. The van der Waals surface area contributed by atoms with E-state index >= 15 is 0 Å². The maximum atomic E-state index is 12.3. The van der Waals surface area contributed by atoms with E-state index in [0.29, 0.717) is 27.0 Å². The number of nitrogens with one attached hydrogen (secondary N) is 1. The second-order valence-electron chi connectivity index (χ2n) is 4.64. The molecule has 0 aliphatic heterocycles. The van der Waals surface area contributed by atoms with Crippen LogP contribution in [-0.2, 0) is 4.79 Å². The van der Waals surface area contributed by atoms with E-state index in [9.17, 15) is 10.1 Å². The first-order valence-corrected chi connectivity index (χ1v) is 8.21. The lowest BCUT2D eigenvalue weighted by atomic mass is 10.1. The number of amides is 1. The standard InChI is InChI=1S/C17H11BrCl2N2O2/c1-24-16-5-2-10(7-13(16)18)6-11(9-21)17(23)22-15-4-3-12(19)8-14(15)20/h2-8H,1H3,(H,22,23)/b11-6-. The van der Waals surface area contributed by atoms with Gasteiger partial charge < -0.3 is 10.1 Å². The summed E-state index contributed by atoms with van der Waals surface area (Å²) < 4.78 is 5.86. The van der Waals surface area contributed by atoms with Crippen molar-refractivity contribution in [3.63, 3.8) is 0 Å². The molecule has 0 saturated carbocycles. The third-order valence-electron chi connectivity index (χ3n) is 3.03. The summed E-state index contributed by atoms with van der Waals surface area (Å²) in [6.45, 7) is 0. The first-order valence-electron chi connectivity index (χ1n) is 6.66. The molecule has 0 heterocycles. The third kappa shape index (κ3) is 4.51. The van der Waals surface area contributed by atoms with Gasteiger partial charge in [0, 0.05) is 5.02 Å². The lowest BCUT2D eigenvalue weighted by Crippen LogP contribution is -2.13. The van der Waals surface area contributed by atoms with Gasteiger partial charge in [0.25, 0.3) is 5.91 Å². The number of anilines is 1. The predicted molar refractivity (Wildman–Crippen MR) is 99.4 cm³/mol. The van der Waals surface area contributed by atoms with Crippen LogP contribution >= 0.6 is 39.1 Å². The fourth-order valence-corrected chi connectivity index (χ4v) is 2.88. The Morgan fingerprint density at radius 2 is 2.04 bits per heavy atom. The zero-order chi connectivity index (χ0) is 17.7. The molecule has 4 nitrogen and oxygen atoms in total. The topological polar surface area (TPSA) is 62.1 Å². The number of ether oxygens (including phenoxy) is 1. The first kappa shape index (κ1) is 18.3. The number of nitrogens with zero attached hydrogens (tertiary/aromatic N) is 1. The Hall–Kier alpha value is -2.00. The van der Waals surface area contributed by atoms with Gasteiger partial charge in [-0.25, -0.2) is 0 Å². The van der Waals surface area contributed by atoms with Crippen LogP contribution in [0.1, 0.15) is 5.56 Å². The highest BCUT2D eigenvalue weighted by Crippen LogP contribution is 2.27. The molecule has 1 amide bonds. The second-order valence-corrected chi connectivity index (χ2v) is 6.34. The van der Waals surface area contributed by atoms with Crippen molar-refractivity contribution in [3.05, 3.63) is 62.1 Å². The van der Waals surface area contributed by atoms with Gasteiger partial charge in [0.1, 0.15) is 17.4 Å². The molecule has 2 aromatic carbocycles. The minimum atomic E-state index is -0.561. The maximum absolute atomic E-state index is 12.3. The Morgan fingerprint density at radius 1 is 1.29 bits per heavy atom. The molecule has 0 fully saturated rings. The SMILES string of the molecule is COc1ccc(/C=C(/C#N)C(=O)Nc2ccc(Cl)cc2Cl)cc1Br.